The monoisotopic (exact) mass is 470 g/mol. The molecule has 0 atom stereocenters. The van der Waals surface area contributed by atoms with Crippen molar-refractivity contribution in [3.63, 3.8) is 0 Å². The van der Waals surface area contributed by atoms with E-state index in [9.17, 15) is 0 Å². The van der Waals surface area contributed by atoms with E-state index in [1.165, 1.54) is 31.2 Å². The third-order valence-electron chi connectivity index (χ3n) is 4.31. The van der Waals surface area contributed by atoms with E-state index in [0.717, 1.165) is 32.5 Å². The Kier molecular flexibility index (Phi) is 6.26. The molecule has 0 N–H and O–H groups in total. The average Bonchev–Trinajstić information content (AvgIpc) is 2.93. The summed E-state index contributed by atoms with van der Waals surface area (Å²) in [7, 11) is 0. The van der Waals surface area contributed by atoms with Crippen LogP contribution in [0.3, 0.4) is 0 Å². The lowest BCUT2D eigenvalue weighted by molar-refractivity contribution is 0.233. The van der Waals surface area contributed by atoms with Crippen molar-refractivity contribution in [2.45, 2.75) is 32.1 Å². The van der Waals surface area contributed by atoms with Gasteiger partial charge >= 0.3 is 0 Å². The summed E-state index contributed by atoms with van der Waals surface area (Å²) in [5, 5.41) is 2.93. The second kappa shape index (κ2) is 7.29. The lowest BCUT2D eigenvalue weighted by Crippen LogP contribution is -2.35. The molecule has 1 aromatic rings. The maximum atomic E-state index is 6.40. The highest BCUT2D eigenvalue weighted by atomic mass is 79.9. The predicted molar refractivity (Wildman–Crippen MR) is 94.8 cm³/mol. The van der Waals surface area contributed by atoms with Gasteiger partial charge in [0.05, 0.1) is 0 Å². The maximum absolute atomic E-state index is 6.40. The summed E-state index contributed by atoms with van der Waals surface area (Å²) in [4.78, 5) is 0. The van der Waals surface area contributed by atoms with Crippen LogP contribution in [0.2, 0.25) is 5.02 Å². The normalized spacial score (nSPS) is 17.1. The van der Waals surface area contributed by atoms with Gasteiger partial charge in [0, 0.05) is 20.2 Å². The van der Waals surface area contributed by atoms with Gasteiger partial charge in [-0.25, -0.2) is 0 Å². The molecule has 1 fully saturated rings. The van der Waals surface area contributed by atoms with Crippen molar-refractivity contribution in [3.8, 4) is 0 Å². The molecule has 0 unspecified atom stereocenters. The van der Waals surface area contributed by atoms with Crippen LogP contribution in [0, 0.1) is 11.3 Å². The molecule has 0 aromatic heterocycles. The lowest BCUT2D eigenvalue weighted by atomic mass is 9.73. The molecule has 0 bridgehead atoms. The third kappa shape index (κ3) is 3.78. The quantitative estimate of drug-likeness (QED) is 0.422. The van der Waals surface area contributed by atoms with Crippen LogP contribution in [0.4, 0.5) is 0 Å². The van der Waals surface area contributed by atoms with Gasteiger partial charge in [0.15, 0.2) is 0 Å². The van der Waals surface area contributed by atoms with E-state index in [2.05, 4.69) is 59.9 Å². The van der Waals surface area contributed by atoms with Crippen molar-refractivity contribution in [1.82, 2.24) is 0 Å². The Balaban J connectivity index is 2.24. The van der Waals surface area contributed by atoms with Gasteiger partial charge < -0.3 is 0 Å². The van der Waals surface area contributed by atoms with Gasteiger partial charge in [0.2, 0.25) is 0 Å². The van der Waals surface area contributed by atoms with Crippen LogP contribution in [0.1, 0.15) is 31.2 Å². The Hall–Kier alpha value is 0.950. The average molecular weight is 473 g/mol. The van der Waals surface area contributed by atoms with Crippen LogP contribution in [0.25, 0.3) is 0 Å². The fourth-order valence-electron chi connectivity index (χ4n) is 3.08. The van der Waals surface area contributed by atoms with E-state index in [4.69, 9.17) is 11.6 Å². The molecule has 1 saturated carbocycles. The first-order valence-corrected chi connectivity index (χ1v) is 10.1. The highest BCUT2D eigenvalue weighted by Crippen LogP contribution is 2.45. The Morgan fingerprint density at radius 3 is 2.32 bits per heavy atom. The molecule has 106 valence electrons. The van der Waals surface area contributed by atoms with Crippen molar-refractivity contribution in [1.29, 1.82) is 0 Å². The molecule has 19 heavy (non-hydrogen) atoms. The molecule has 0 heterocycles. The minimum Gasteiger partial charge on any atom is -0.0921 e. The van der Waals surface area contributed by atoms with E-state index in [1.807, 2.05) is 6.07 Å². The lowest BCUT2D eigenvalue weighted by Gasteiger charge is -2.37. The van der Waals surface area contributed by atoms with E-state index in [1.54, 1.807) is 0 Å². The zero-order valence-electron chi connectivity index (χ0n) is 10.8. The van der Waals surface area contributed by atoms with Crippen molar-refractivity contribution < 1.29 is 0 Å². The largest absolute Gasteiger partial charge is 0.0921 e. The molecule has 2 rings (SSSR count). The van der Waals surface area contributed by atoms with Crippen LogP contribution in [-0.4, -0.2) is 10.7 Å². The summed E-state index contributed by atoms with van der Waals surface area (Å²) in [5.74, 6) is 0.797. The van der Waals surface area contributed by atoms with Gasteiger partial charge in [-0.05, 0) is 48.3 Å². The summed E-state index contributed by atoms with van der Waals surface area (Å²) in [5.41, 5.74) is 1.55. The second-order valence-electron chi connectivity index (χ2n) is 5.52. The van der Waals surface area contributed by atoms with Gasteiger partial charge in [-0.15, -0.1) is 0 Å². The maximum Gasteiger partial charge on any atom is 0.0449 e. The number of hydrogen-bond acceptors (Lipinski definition) is 0. The predicted octanol–water partition coefficient (Wildman–Crippen LogP) is 6.61. The summed E-state index contributed by atoms with van der Waals surface area (Å²) in [6, 6.07) is 6.24. The number of alkyl halides is 2. The summed E-state index contributed by atoms with van der Waals surface area (Å²) >= 11 is 17.4. The van der Waals surface area contributed by atoms with Gasteiger partial charge in [0.1, 0.15) is 0 Å². The molecular weight excluding hydrogens is 455 g/mol. The number of hydrogen-bond donors (Lipinski definition) is 0. The highest BCUT2D eigenvalue weighted by Gasteiger charge is 2.38. The summed E-state index contributed by atoms with van der Waals surface area (Å²) < 4.78 is 1.05. The van der Waals surface area contributed by atoms with Crippen molar-refractivity contribution in [3.05, 3.63) is 33.3 Å². The Morgan fingerprint density at radius 2 is 1.79 bits per heavy atom. The second-order valence-corrected chi connectivity index (χ2v) is 7.97. The Bertz CT molecular complexity index is 423. The minimum atomic E-state index is 0.286. The van der Waals surface area contributed by atoms with Crippen LogP contribution >= 0.6 is 59.4 Å². The van der Waals surface area contributed by atoms with Crippen molar-refractivity contribution >= 4 is 59.4 Å². The fraction of sp³-hybridized carbons (Fsp3) is 0.600. The first-order valence-electron chi connectivity index (χ1n) is 6.67. The van der Waals surface area contributed by atoms with Gasteiger partial charge in [-0.1, -0.05) is 78.3 Å². The first kappa shape index (κ1) is 16.3. The summed E-state index contributed by atoms with van der Waals surface area (Å²) in [6.45, 7) is 0. The molecule has 0 spiro atoms. The van der Waals surface area contributed by atoms with E-state index >= 15 is 0 Å². The molecule has 0 radical (unpaired) electrons. The van der Waals surface area contributed by atoms with Crippen LogP contribution in [0.5, 0.6) is 0 Å². The van der Waals surface area contributed by atoms with Gasteiger partial charge in [0.25, 0.3) is 0 Å². The standard InChI is InChI=1S/C15H18Br3Cl/c16-9-15(10-17,12-3-1-2-4-12)8-11-5-6-13(18)7-14(11)19/h5-7,12H,1-4,8-10H2. The number of benzene rings is 1. The SMILES string of the molecule is Clc1cc(Br)ccc1CC(CBr)(CBr)C1CCCC1. The molecule has 0 nitrogen and oxygen atoms in total. The molecule has 0 amide bonds. The van der Waals surface area contributed by atoms with Crippen LogP contribution in [0.15, 0.2) is 22.7 Å². The van der Waals surface area contributed by atoms with Gasteiger partial charge in [-0.3, -0.25) is 0 Å². The molecule has 1 aliphatic carbocycles. The molecule has 0 saturated heterocycles. The smallest absolute Gasteiger partial charge is 0.0449 e. The van der Waals surface area contributed by atoms with Crippen LogP contribution in [-0.2, 0) is 6.42 Å². The zero-order chi connectivity index (χ0) is 13.9. The minimum absolute atomic E-state index is 0.286. The molecule has 1 aromatic carbocycles. The molecular formula is C15H18Br3Cl. The Labute approximate surface area is 146 Å². The number of rotatable bonds is 5. The fourth-order valence-corrected chi connectivity index (χ4v) is 6.06. The van der Waals surface area contributed by atoms with Crippen molar-refractivity contribution in [2.24, 2.45) is 11.3 Å². The van der Waals surface area contributed by atoms with Gasteiger partial charge in [-0.2, -0.15) is 0 Å². The third-order valence-corrected chi connectivity index (χ3v) is 7.39. The van der Waals surface area contributed by atoms with E-state index < -0.39 is 0 Å². The Morgan fingerprint density at radius 1 is 1.16 bits per heavy atom. The zero-order valence-corrected chi connectivity index (χ0v) is 16.3. The highest BCUT2D eigenvalue weighted by molar-refractivity contribution is 9.10. The molecule has 0 aliphatic heterocycles. The molecule has 4 heteroatoms. The summed E-state index contributed by atoms with van der Waals surface area (Å²) in [6.07, 6.45) is 6.50. The topological polar surface area (TPSA) is 0 Å². The number of halogens is 4. The van der Waals surface area contributed by atoms with Crippen molar-refractivity contribution in [2.75, 3.05) is 10.7 Å². The van der Waals surface area contributed by atoms with E-state index in [0.29, 0.717) is 0 Å². The van der Waals surface area contributed by atoms with E-state index in [-0.39, 0.29) is 5.41 Å². The first-order chi connectivity index (χ1) is 9.11. The molecule has 1 aliphatic rings. The van der Waals surface area contributed by atoms with Crippen LogP contribution < -0.4 is 0 Å².